The van der Waals surface area contributed by atoms with Crippen molar-refractivity contribution in [1.82, 2.24) is 9.80 Å². The largest absolute Gasteiger partial charge is 0.411 e. The maximum absolute atomic E-state index is 12.5. The van der Waals surface area contributed by atoms with Crippen LogP contribution in [0, 0.1) is 3.57 Å². The van der Waals surface area contributed by atoms with Gasteiger partial charge < -0.3 is 9.64 Å². The van der Waals surface area contributed by atoms with Gasteiger partial charge in [-0.2, -0.15) is 13.2 Å². The molecular formula is C16H20F3IN2O2. The second-order valence-corrected chi connectivity index (χ2v) is 6.80. The molecule has 2 rings (SSSR count). The minimum absolute atomic E-state index is 0.0353. The highest BCUT2D eigenvalue weighted by Crippen LogP contribution is 2.16. The normalized spacial score (nSPS) is 16.4. The monoisotopic (exact) mass is 456 g/mol. The van der Waals surface area contributed by atoms with Crippen LogP contribution in [0.5, 0.6) is 0 Å². The van der Waals surface area contributed by atoms with E-state index in [1.54, 1.807) is 0 Å². The molecule has 8 heteroatoms. The van der Waals surface area contributed by atoms with E-state index in [0.29, 0.717) is 31.6 Å². The molecule has 0 unspecified atom stereocenters. The first kappa shape index (κ1) is 19.5. The van der Waals surface area contributed by atoms with E-state index >= 15 is 0 Å². The van der Waals surface area contributed by atoms with Gasteiger partial charge >= 0.3 is 6.18 Å². The summed E-state index contributed by atoms with van der Waals surface area (Å²) in [5.41, 5.74) is 0.715. The highest BCUT2D eigenvalue weighted by Gasteiger charge is 2.27. The number of carbonyl (C=O) groups is 1. The van der Waals surface area contributed by atoms with E-state index in [0.717, 1.165) is 16.7 Å². The molecule has 1 aromatic carbocycles. The molecule has 134 valence electrons. The van der Waals surface area contributed by atoms with E-state index in [1.165, 1.54) is 0 Å². The first-order valence-corrected chi connectivity index (χ1v) is 8.85. The van der Waals surface area contributed by atoms with Crippen molar-refractivity contribution in [2.45, 2.75) is 12.6 Å². The summed E-state index contributed by atoms with van der Waals surface area (Å²) in [4.78, 5) is 16.5. The molecule has 0 aromatic heterocycles. The number of carbonyl (C=O) groups excluding carboxylic acids is 1. The van der Waals surface area contributed by atoms with E-state index in [-0.39, 0.29) is 12.5 Å². The molecule has 1 saturated heterocycles. The number of alkyl halides is 3. The number of ether oxygens (including phenoxy) is 1. The summed E-state index contributed by atoms with van der Waals surface area (Å²) >= 11 is 2.16. The minimum atomic E-state index is -4.26. The Balaban J connectivity index is 1.68. The maximum Gasteiger partial charge on any atom is 0.411 e. The van der Waals surface area contributed by atoms with Gasteiger partial charge in [-0.25, -0.2) is 0 Å². The van der Waals surface area contributed by atoms with Crippen LogP contribution in [0.1, 0.15) is 16.8 Å². The number of hydrogen-bond acceptors (Lipinski definition) is 3. The van der Waals surface area contributed by atoms with Crippen LogP contribution < -0.4 is 0 Å². The van der Waals surface area contributed by atoms with Gasteiger partial charge in [0, 0.05) is 42.9 Å². The highest BCUT2D eigenvalue weighted by atomic mass is 127. The molecule has 1 amide bonds. The van der Waals surface area contributed by atoms with Crippen molar-refractivity contribution in [3.63, 3.8) is 0 Å². The fourth-order valence-corrected chi connectivity index (χ4v) is 3.18. The van der Waals surface area contributed by atoms with Crippen molar-refractivity contribution >= 4 is 28.5 Å². The zero-order valence-corrected chi connectivity index (χ0v) is 15.3. The number of hydrogen-bond donors (Lipinski definition) is 0. The summed E-state index contributed by atoms with van der Waals surface area (Å²) in [5.74, 6) is 0.0353. The first-order valence-electron chi connectivity index (χ1n) is 7.77. The molecular weight excluding hydrogens is 436 g/mol. The summed E-state index contributed by atoms with van der Waals surface area (Å²) in [6, 6.07) is 7.49. The van der Waals surface area contributed by atoms with Gasteiger partial charge in [-0.05, 0) is 41.1 Å². The molecule has 1 aliphatic heterocycles. The molecule has 0 radical (unpaired) electrons. The van der Waals surface area contributed by atoms with Crippen molar-refractivity contribution in [3.8, 4) is 0 Å². The predicted octanol–water partition coefficient (Wildman–Crippen LogP) is 3.02. The van der Waals surface area contributed by atoms with Gasteiger partial charge in [0.05, 0.1) is 5.56 Å². The molecule has 1 aliphatic rings. The zero-order chi connectivity index (χ0) is 17.6. The van der Waals surface area contributed by atoms with Crippen molar-refractivity contribution in [3.05, 3.63) is 33.4 Å². The third-order valence-corrected chi connectivity index (χ3v) is 4.73. The number of benzene rings is 1. The Hall–Kier alpha value is -0.870. The van der Waals surface area contributed by atoms with Gasteiger partial charge in [0.2, 0.25) is 0 Å². The molecule has 1 aromatic rings. The standard InChI is InChI=1S/C16H20F3IN2O2/c17-16(18,19)12-24-11-3-6-21-7-9-22(10-8-21)15(23)13-4-1-2-5-14(13)20/h1-2,4-5H,3,6-12H2. The van der Waals surface area contributed by atoms with Gasteiger partial charge in [-0.1, -0.05) is 12.1 Å². The van der Waals surface area contributed by atoms with Crippen LogP contribution in [-0.2, 0) is 4.74 Å². The van der Waals surface area contributed by atoms with E-state index < -0.39 is 12.8 Å². The fraction of sp³-hybridized carbons (Fsp3) is 0.562. The summed E-state index contributed by atoms with van der Waals surface area (Å²) in [5, 5.41) is 0. The van der Waals surface area contributed by atoms with E-state index in [2.05, 4.69) is 32.2 Å². The van der Waals surface area contributed by atoms with Crippen LogP contribution in [-0.4, -0.2) is 67.8 Å². The quantitative estimate of drug-likeness (QED) is 0.488. The summed E-state index contributed by atoms with van der Waals surface area (Å²) in [7, 11) is 0. The Labute approximate surface area is 153 Å². The van der Waals surface area contributed by atoms with Crippen molar-refractivity contribution in [1.29, 1.82) is 0 Å². The van der Waals surface area contributed by atoms with Crippen LogP contribution in [0.3, 0.4) is 0 Å². The van der Waals surface area contributed by atoms with E-state index in [1.807, 2.05) is 29.2 Å². The SMILES string of the molecule is O=C(c1ccccc1I)N1CCN(CCCOCC(F)(F)F)CC1. The summed E-state index contributed by atoms with van der Waals surface area (Å²) in [6.07, 6.45) is -3.71. The minimum Gasteiger partial charge on any atom is -0.372 e. The second kappa shape index (κ2) is 9.00. The van der Waals surface area contributed by atoms with Crippen LogP contribution in [0.2, 0.25) is 0 Å². The molecule has 0 bridgehead atoms. The fourth-order valence-electron chi connectivity index (χ4n) is 2.56. The number of amides is 1. The highest BCUT2D eigenvalue weighted by molar-refractivity contribution is 14.1. The van der Waals surface area contributed by atoms with Gasteiger partial charge in [-0.3, -0.25) is 9.69 Å². The average molecular weight is 456 g/mol. The summed E-state index contributed by atoms with van der Waals surface area (Å²) < 4.78 is 41.4. The smallest absolute Gasteiger partial charge is 0.372 e. The molecule has 0 atom stereocenters. The maximum atomic E-state index is 12.5. The molecule has 24 heavy (non-hydrogen) atoms. The Bertz CT molecular complexity index is 546. The molecule has 1 fully saturated rings. The van der Waals surface area contributed by atoms with Crippen LogP contribution in [0.25, 0.3) is 0 Å². The third kappa shape index (κ3) is 6.21. The van der Waals surface area contributed by atoms with Gasteiger partial charge in [-0.15, -0.1) is 0 Å². The Morgan fingerprint density at radius 2 is 1.83 bits per heavy atom. The lowest BCUT2D eigenvalue weighted by Gasteiger charge is -2.35. The van der Waals surface area contributed by atoms with Gasteiger partial charge in [0.1, 0.15) is 6.61 Å². The zero-order valence-electron chi connectivity index (χ0n) is 13.2. The van der Waals surface area contributed by atoms with Gasteiger partial charge in [0.25, 0.3) is 5.91 Å². The number of nitrogens with zero attached hydrogens (tertiary/aromatic N) is 2. The van der Waals surface area contributed by atoms with Crippen molar-refractivity contribution < 1.29 is 22.7 Å². The topological polar surface area (TPSA) is 32.8 Å². The molecule has 0 N–H and O–H groups in total. The average Bonchev–Trinajstić information content (AvgIpc) is 2.54. The van der Waals surface area contributed by atoms with Crippen LogP contribution in [0.15, 0.2) is 24.3 Å². The number of halogens is 4. The molecule has 0 saturated carbocycles. The number of rotatable bonds is 6. The van der Waals surface area contributed by atoms with Crippen molar-refractivity contribution in [2.75, 3.05) is 45.9 Å². The second-order valence-electron chi connectivity index (χ2n) is 5.64. The van der Waals surface area contributed by atoms with E-state index in [4.69, 9.17) is 0 Å². The Morgan fingerprint density at radius 3 is 2.46 bits per heavy atom. The summed E-state index contributed by atoms with van der Waals surface area (Å²) in [6.45, 7) is 2.32. The van der Waals surface area contributed by atoms with Crippen molar-refractivity contribution in [2.24, 2.45) is 0 Å². The Morgan fingerprint density at radius 1 is 1.17 bits per heavy atom. The lowest BCUT2D eigenvalue weighted by atomic mass is 10.2. The predicted molar refractivity (Wildman–Crippen MR) is 93.0 cm³/mol. The van der Waals surface area contributed by atoms with Crippen LogP contribution in [0.4, 0.5) is 13.2 Å². The lowest BCUT2D eigenvalue weighted by Crippen LogP contribution is -2.49. The van der Waals surface area contributed by atoms with Crippen LogP contribution >= 0.6 is 22.6 Å². The third-order valence-electron chi connectivity index (χ3n) is 3.79. The number of piperazine rings is 1. The lowest BCUT2D eigenvalue weighted by molar-refractivity contribution is -0.174. The first-order chi connectivity index (χ1) is 11.4. The van der Waals surface area contributed by atoms with Gasteiger partial charge in [0.15, 0.2) is 0 Å². The van der Waals surface area contributed by atoms with E-state index in [9.17, 15) is 18.0 Å². The Kier molecular flexibility index (Phi) is 7.30. The molecule has 1 heterocycles. The molecule has 0 aliphatic carbocycles. The molecule has 0 spiro atoms. The molecule has 4 nitrogen and oxygen atoms in total.